The van der Waals surface area contributed by atoms with Crippen LogP contribution in [-0.4, -0.2) is 39.2 Å². The van der Waals surface area contributed by atoms with E-state index in [1.807, 2.05) is 25.6 Å². The summed E-state index contributed by atoms with van der Waals surface area (Å²) in [6.45, 7) is 4.46. The smallest absolute Gasteiger partial charge is 0.238 e. The van der Waals surface area contributed by atoms with Crippen LogP contribution < -0.4 is 5.32 Å². The first-order valence-corrected chi connectivity index (χ1v) is 8.12. The van der Waals surface area contributed by atoms with Crippen molar-refractivity contribution >= 4 is 11.6 Å². The van der Waals surface area contributed by atoms with E-state index in [0.717, 1.165) is 17.1 Å². The molecule has 116 valence electrons. The van der Waals surface area contributed by atoms with Crippen LogP contribution in [0.15, 0.2) is 0 Å². The summed E-state index contributed by atoms with van der Waals surface area (Å²) in [4.78, 5) is 14.9. The standard InChI is InChI=1S/C16H26N4O/c1-11-16(12(2)19(3)18-11)17-15(21)10-20(14-8-9-14)13-6-4-5-7-13/h13-14H,4-10H2,1-3H3,(H,17,21). The van der Waals surface area contributed by atoms with E-state index in [1.165, 1.54) is 38.5 Å². The third-order valence-electron chi connectivity index (χ3n) is 4.91. The van der Waals surface area contributed by atoms with Crippen LogP contribution in [0.1, 0.15) is 49.9 Å². The Hall–Kier alpha value is -1.36. The molecule has 1 aromatic heterocycles. The van der Waals surface area contributed by atoms with Crippen molar-refractivity contribution in [3.63, 3.8) is 0 Å². The molecule has 1 amide bonds. The van der Waals surface area contributed by atoms with E-state index in [-0.39, 0.29) is 5.91 Å². The topological polar surface area (TPSA) is 50.2 Å². The zero-order valence-electron chi connectivity index (χ0n) is 13.4. The fourth-order valence-corrected chi connectivity index (χ4v) is 3.50. The predicted octanol–water partition coefficient (Wildman–Crippen LogP) is 2.38. The summed E-state index contributed by atoms with van der Waals surface area (Å²) in [5, 5.41) is 7.43. The van der Waals surface area contributed by atoms with Crippen molar-refractivity contribution in [2.45, 2.75) is 64.5 Å². The van der Waals surface area contributed by atoms with Crippen molar-refractivity contribution in [1.82, 2.24) is 14.7 Å². The lowest BCUT2D eigenvalue weighted by atomic mass is 10.2. The molecule has 0 aromatic carbocycles. The maximum absolute atomic E-state index is 12.4. The first kappa shape index (κ1) is 14.6. The van der Waals surface area contributed by atoms with E-state index in [1.54, 1.807) is 0 Å². The van der Waals surface area contributed by atoms with Gasteiger partial charge in [-0.25, -0.2) is 0 Å². The van der Waals surface area contributed by atoms with Gasteiger partial charge in [-0.05, 0) is 39.5 Å². The minimum absolute atomic E-state index is 0.105. The van der Waals surface area contributed by atoms with Crippen molar-refractivity contribution in [3.8, 4) is 0 Å². The highest BCUT2D eigenvalue weighted by molar-refractivity contribution is 5.93. The summed E-state index contributed by atoms with van der Waals surface area (Å²) in [5.41, 5.74) is 2.78. The highest BCUT2D eigenvalue weighted by Gasteiger charge is 2.36. The van der Waals surface area contributed by atoms with Gasteiger partial charge < -0.3 is 5.32 Å². The molecular weight excluding hydrogens is 264 g/mol. The molecule has 2 saturated carbocycles. The lowest BCUT2D eigenvalue weighted by Gasteiger charge is -2.28. The molecule has 0 bridgehead atoms. The van der Waals surface area contributed by atoms with Crippen LogP contribution in [0.3, 0.4) is 0 Å². The molecule has 2 aliphatic rings. The monoisotopic (exact) mass is 290 g/mol. The molecule has 2 aliphatic carbocycles. The molecule has 1 N–H and O–H groups in total. The number of hydrogen-bond donors (Lipinski definition) is 1. The number of carbonyl (C=O) groups excluding carboxylic acids is 1. The number of nitrogens with zero attached hydrogens (tertiary/aromatic N) is 3. The van der Waals surface area contributed by atoms with Crippen molar-refractivity contribution in [2.24, 2.45) is 7.05 Å². The molecule has 3 rings (SSSR count). The number of amides is 1. The van der Waals surface area contributed by atoms with Gasteiger partial charge in [0.25, 0.3) is 0 Å². The van der Waals surface area contributed by atoms with Gasteiger partial charge in [-0.15, -0.1) is 0 Å². The minimum atomic E-state index is 0.105. The third-order valence-corrected chi connectivity index (χ3v) is 4.91. The number of rotatable bonds is 5. The van der Waals surface area contributed by atoms with Crippen LogP contribution in [0.5, 0.6) is 0 Å². The second-order valence-electron chi connectivity index (χ2n) is 6.56. The predicted molar refractivity (Wildman–Crippen MR) is 83.3 cm³/mol. The Morgan fingerprint density at radius 1 is 1.24 bits per heavy atom. The number of nitrogens with one attached hydrogen (secondary N) is 1. The van der Waals surface area contributed by atoms with Gasteiger partial charge in [0, 0.05) is 19.1 Å². The zero-order chi connectivity index (χ0) is 15.0. The first-order chi connectivity index (χ1) is 10.1. The summed E-state index contributed by atoms with van der Waals surface area (Å²) in [7, 11) is 1.91. The molecule has 1 heterocycles. The molecule has 5 nitrogen and oxygen atoms in total. The molecule has 0 radical (unpaired) electrons. The van der Waals surface area contributed by atoms with Crippen LogP contribution >= 0.6 is 0 Å². The maximum Gasteiger partial charge on any atom is 0.238 e. The highest BCUT2D eigenvalue weighted by Crippen LogP contribution is 2.34. The average Bonchev–Trinajstić information content (AvgIpc) is 3.09. The molecule has 0 saturated heterocycles. The highest BCUT2D eigenvalue weighted by atomic mass is 16.2. The number of anilines is 1. The van der Waals surface area contributed by atoms with Crippen molar-refractivity contribution in [3.05, 3.63) is 11.4 Å². The Morgan fingerprint density at radius 2 is 1.86 bits per heavy atom. The molecule has 0 aliphatic heterocycles. The SMILES string of the molecule is Cc1nn(C)c(C)c1NC(=O)CN(C1CCCC1)C1CC1. The quantitative estimate of drug-likeness (QED) is 0.906. The maximum atomic E-state index is 12.4. The Morgan fingerprint density at radius 3 is 2.38 bits per heavy atom. The van der Waals surface area contributed by atoms with E-state index >= 15 is 0 Å². The van der Waals surface area contributed by atoms with Gasteiger partial charge in [-0.2, -0.15) is 5.10 Å². The fourth-order valence-electron chi connectivity index (χ4n) is 3.50. The third kappa shape index (κ3) is 3.12. The van der Waals surface area contributed by atoms with Gasteiger partial charge >= 0.3 is 0 Å². The molecule has 0 unspecified atom stereocenters. The Balaban J connectivity index is 1.64. The molecule has 2 fully saturated rings. The van der Waals surface area contributed by atoms with E-state index in [0.29, 0.717) is 18.6 Å². The van der Waals surface area contributed by atoms with Gasteiger partial charge in [-0.3, -0.25) is 14.4 Å². The number of aryl methyl sites for hydroxylation is 2. The average molecular weight is 290 g/mol. The first-order valence-electron chi connectivity index (χ1n) is 8.12. The number of aromatic nitrogens is 2. The van der Waals surface area contributed by atoms with Gasteiger partial charge in [0.1, 0.15) is 0 Å². The summed E-state index contributed by atoms with van der Waals surface area (Å²) in [6.07, 6.45) is 7.67. The van der Waals surface area contributed by atoms with E-state index in [4.69, 9.17) is 0 Å². The van der Waals surface area contributed by atoms with Gasteiger partial charge in [0.2, 0.25) is 5.91 Å². The normalized spacial score (nSPS) is 19.4. The second-order valence-corrected chi connectivity index (χ2v) is 6.56. The van der Waals surface area contributed by atoms with E-state index < -0.39 is 0 Å². The number of hydrogen-bond acceptors (Lipinski definition) is 3. The van der Waals surface area contributed by atoms with E-state index in [9.17, 15) is 4.79 Å². The summed E-state index contributed by atoms with van der Waals surface area (Å²) in [5.74, 6) is 0.105. The van der Waals surface area contributed by atoms with Crippen LogP contribution in [0.2, 0.25) is 0 Å². The molecular formula is C16H26N4O. The van der Waals surface area contributed by atoms with Crippen molar-refractivity contribution in [1.29, 1.82) is 0 Å². The fraction of sp³-hybridized carbons (Fsp3) is 0.750. The van der Waals surface area contributed by atoms with E-state index in [2.05, 4.69) is 15.3 Å². The summed E-state index contributed by atoms with van der Waals surface area (Å²) in [6, 6.07) is 1.27. The Labute approximate surface area is 126 Å². The Bertz CT molecular complexity index is 527. The van der Waals surface area contributed by atoms with Crippen molar-refractivity contribution < 1.29 is 4.79 Å². The van der Waals surface area contributed by atoms with Gasteiger partial charge in [0.05, 0.1) is 23.6 Å². The summed E-state index contributed by atoms with van der Waals surface area (Å²) < 4.78 is 1.82. The van der Waals surface area contributed by atoms with Gasteiger partial charge in [0.15, 0.2) is 0 Å². The molecule has 0 spiro atoms. The minimum Gasteiger partial charge on any atom is -0.322 e. The molecule has 21 heavy (non-hydrogen) atoms. The zero-order valence-corrected chi connectivity index (χ0v) is 13.4. The Kier molecular flexibility index (Phi) is 4.02. The molecule has 5 heteroatoms. The van der Waals surface area contributed by atoms with Crippen LogP contribution in [0.4, 0.5) is 5.69 Å². The lowest BCUT2D eigenvalue weighted by molar-refractivity contribution is -0.118. The largest absolute Gasteiger partial charge is 0.322 e. The molecule has 0 atom stereocenters. The van der Waals surface area contributed by atoms with Crippen molar-refractivity contribution in [2.75, 3.05) is 11.9 Å². The second kappa shape index (κ2) is 5.79. The lowest BCUT2D eigenvalue weighted by Crippen LogP contribution is -2.41. The van der Waals surface area contributed by atoms with Crippen LogP contribution in [0, 0.1) is 13.8 Å². The van der Waals surface area contributed by atoms with Crippen LogP contribution in [0.25, 0.3) is 0 Å². The number of carbonyl (C=O) groups is 1. The molecule has 1 aromatic rings. The summed E-state index contributed by atoms with van der Waals surface area (Å²) >= 11 is 0. The van der Waals surface area contributed by atoms with Crippen LogP contribution in [-0.2, 0) is 11.8 Å². The van der Waals surface area contributed by atoms with Gasteiger partial charge in [-0.1, -0.05) is 12.8 Å².